The first-order valence-corrected chi connectivity index (χ1v) is 0.954. The van der Waals surface area contributed by atoms with Crippen LogP contribution in [0, 0.1) is 11.5 Å². The van der Waals surface area contributed by atoms with Crippen molar-refractivity contribution in [1.82, 2.24) is 4.84 Å². The van der Waals surface area contributed by atoms with Crippen LogP contribution < -0.4 is 4.84 Å². The van der Waals surface area contributed by atoms with Gasteiger partial charge in [-0.2, -0.15) is 5.26 Å². The Hall–Kier alpha value is -0.420. The molecule has 0 aliphatic carbocycles. The van der Waals surface area contributed by atoms with E-state index in [-0.39, 0.29) is 0 Å². The SMILES string of the molecule is N#C[N]Cl. The monoisotopic (exact) mass is 75.0 g/mol. The van der Waals surface area contributed by atoms with Gasteiger partial charge >= 0.3 is 0 Å². The largest absolute Gasteiger partial charge is 0.218 e. The van der Waals surface area contributed by atoms with Gasteiger partial charge in [-0.15, -0.1) is 0 Å². The molecule has 0 aliphatic rings. The van der Waals surface area contributed by atoms with Crippen molar-refractivity contribution < 1.29 is 0 Å². The Morgan fingerprint density at radius 1 is 2.00 bits per heavy atom. The van der Waals surface area contributed by atoms with Crippen molar-refractivity contribution in [2.45, 2.75) is 0 Å². The fraction of sp³-hybridized carbons (Fsp3) is 0. The highest BCUT2D eigenvalue weighted by molar-refractivity contribution is 6.14. The average molecular weight is 75.5 g/mol. The molecule has 2 nitrogen and oxygen atoms in total. The van der Waals surface area contributed by atoms with Gasteiger partial charge in [0.05, 0.1) is 0 Å². The summed E-state index contributed by atoms with van der Waals surface area (Å²) in [6.07, 6.45) is 1.32. The van der Waals surface area contributed by atoms with Crippen molar-refractivity contribution in [2.75, 3.05) is 0 Å². The highest BCUT2D eigenvalue weighted by atomic mass is 35.5. The van der Waals surface area contributed by atoms with Crippen LogP contribution in [0.2, 0.25) is 0 Å². The van der Waals surface area contributed by atoms with Gasteiger partial charge in [0.15, 0.2) is 0 Å². The second kappa shape index (κ2) is 2.58. The molecule has 0 saturated heterocycles. The number of halogens is 1. The molecule has 0 aliphatic heterocycles. The zero-order valence-corrected chi connectivity index (χ0v) is 2.53. The third-order valence-corrected chi connectivity index (χ3v) is 0.113. The van der Waals surface area contributed by atoms with Crippen LogP contribution in [0.5, 0.6) is 0 Å². The molecule has 0 fully saturated rings. The van der Waals surface area contributed by atoms with Crippen molar-refractivity contribution >= 4 is 11.8 Å². The number of nitrogens with zero attached hydrogens (tertiary/aromatic N) is 2. The van der Waals surface area contributed by atoms with Gasteiger partial charge in [-0.25, -0.2) is 0 Å². The zero-order chi connectivity index (χ0) is 3.41. The quantitative estimate of drug-likeness (QED) is 0.380. The molecule has 4 heavy (non-hydrogen) atoms. The summed E-state index contributed by atoms with van der Waals surface area (Å²) in [7, 11) is 0. The van der Waals surface area contributed by atoms with Gasteiger partial charge in [0.2, 0.25) is 6.19 Å². The summed E-state index contributed by atoms with van der Waals surface area (Å²) < 4.78 is 0. The third-order valence-electron chi connectivity index (χ3n) is 0.0378. The van der Waals surface area contributed by atoms with Gasteiger partial charge in [0, 0.05) is 11.8 Å². The minimum atomic E-state index is 1.32. The van der Waals surface area contributed by atoms with Crippen molar-refractivity contribution in [3.05, 3.63) is 0 Å². The molecule has 0 aromatic rings. The highest BCUT2D eigenvalue weighted by Gasteiger charge is 1.51. The van der Waals surface area contributed by atoms with Crippen LogP contribution in [0.25, 0.3) is 0 Å². The third kappa shape index (κ3) is 1.58. The summed E-state index contributed by atoms with van der Waals surface area (Å²) in [6, 6.07) is 0. The van der Waals surface area contributed by atoms with E-state index < -0.39 is 0 Å². The molecule has 0 spiro atoms. The van der Waals surface area contributed by atoms with E-state index in [4.69, 9.17) is 5.26 Å². The maximum absolute atomic E-state index is 7.33. The Bertz CT molecular complexity index is 35.8. The predicted molar refractivity (Wildman–Crippen MR) is 13.6 cm³/mol. The van der Waals surface area contributed by atoms with Crippen molar-refractivity contribution in [3.8, 4) is 6.19 Å². The van der Waals surface area contributed by atoms with E-state index in [2.05, 4.69) is 16.6 Å². The van der Waals surface area contributed by atoms with E-state index in [1.54, 1.807) is 0 Å². The second-order valence-electron chi connectivity index (χ2n) is 0.185. The van der Waals surface area contributed by atoms with E-state index in [1.807, 2.05) is 0 Å². The summed E-state index contributed by atoms with van der Waals surface area (Å²) in [6.45, 7) is 0. The van der Waals surface area contributed by atoms with Gasteiger partial charge in [0.1, 0.15) is 0 Å². The van der Waals surface area contributed by atoms with Crippen molar-refractivity contribution in [3.63, 3.8) is 0 Å². The molecule has 0 N–H and O–H groups in total. The Kier molecular flexibility index (Phi) is 2.31. The number of rotatable bonds is 0. The molecule has 0 saturated carbocycles. The molecule has 0 atom stereocenters. The summed E-state index contributed by atoms with van der Waals surface area (Å²) in [4.78, 5) is 2.51. The number of hydrogen-bond acceptors (Lipinski definition) is 1. The molecule has 0 aromatic carbocycles. The van der Waals surface area contributed by atoms with E-state index in [0.717, 1.165) is 0 Å². The van der Waals surface area contributed by atoms with E-state index in [9.17, 15) is 0 Å². The van der Waals surface area contributed by atoms with Crippen LogP contribution in [0.15, 0.2) is 0 Å². The smallest absolute Gasteiger partial charge is 0.169 e. The lowest BCUT2D eigenvalue weighted by molar-refractivity contribution is 1.33. The summed E-state index contributed by atoms with van der Waals surface area (Å²) in [5.74, 6) is 0. The fourth-order valence-corrected chi connectivity index (χ4v) is 0. The lowest BCUT2D eigenvalue weighted by Crippen LogP contribution is -1.62. The van der Waals surface area contributed by atoms with Crippen LogP contribution >= 0.6 is 11.8 Å². The molecule has 0 heterocycles. The van der Waals surface area contributed by atoms with Crippen LogP contribution in [-0.4, -0.2) is 0 Å². The van der Waals surface area contributed by atoms with Crippen LogP contribution in [0.4, 0.5) is 0 Å². The maximum Gasteiger partial charge on any atom is 0.218 e. The van der Waals surface area contributed by atoms with Crippen molar-refractivity contribution in [1.29, 1.82) is 5.26 Å². The van der Waals surface area contributed by atoms with Crippen LogP contribution in [-0.2, 0) is 0 Å². The molecule has 0 unspecified atom stereocenters. The molecular weight excluding hydrogens is 75.5 g/mol. The molecule has 21 valence electrons. The Morgan fingerprint density at radius 3 is 2.25 bits per heavy atom. The normalized spacial score (nSPS) is 4.00. The molecule has 0 rings (SSSR count). The van der Waals surface area contributed by atoms with Gasteiger partial charge in [-0.1, -0.05) is 4.84 Å². The number of nitriles is 1. The van der Waals surface area contributed by atoms with E-state index in [0.29, 0.717) is 0 Å². The first-order valence-electron chi connectivity index (χ1n) is 0.616. The maximum atomic E-state index is 7.33. The minimum Gasteiger partial charge on any atom is -0.169 e. The Labute approximate surface area is 29.1 Å². The average Bonchev–Trinajstić information content (AvgIpc) is 1.37. The topological polar surface area (TPSA) is 37.9 Å². The summed E-state index contributed by atoms with van der Waals surface area (Å²) >= 11 is 4.45. The lowest BCUT2D eigenvalue weighted by Gasteiger charge is -1.46. The standard InChI is InChI=1S/CClN2/c2-4-1-3. The van der Waals surface area contributed by atoms with Gasteiger partial charge in [-0.3, -0.25) is 0 Å². The Morgan fingerprint density at radius 2 is 2.25 bits per heavy atom. The molecule has 0 bridgehead atoms. The van der Waals surface area contributed by atoms with Crippen molar-refractivity contribution in [2.24, 2.45) is 0 Å². The fourth-order valence-electron chi connectivity index (χ4n) is 0. The highest BCUT2D eigenvalue weighted by Crippen LogP contribution is 1.51. The van der Waals surface area contributed by atoms with Gasteiger partial charge < -0.3 is 0 Å². The lowest BCUT2D eigenvalue weighted by atomic mass is 11.5. The molecular formula is CClN2. The Balaban J connectivity index is 2.43. The summed E-state index contributed by atoms with van der Waals surface area (Å²) in [5, 5.41) is 7.33. The van der Waals surface area contributed by atoms with Gasteiger partial charge in [0.25, 0.3) is 0 Å². The molecule has 3 heteroatoms. The molecule has 0 amide bonds. The molecule has 0 aromatic heterocycles. The zero-order valence-electron chi connectivity index (χ0n) is 1.77. The number of hydrogen-bond donors (Lipinski definition) is 0. The predicted octanol–water partition coefficient (Wildman–Crippen LogP) is 0.226. The minimum absolute atomic E-state index is 1.32. The second-order valence-corrected chi connectivity index (χ2v) is 0.354. The first kappa shape index (κ1) is 3.58. The van der Waals surface area contributed by atoms with E-state index in [1.165, 1.54) is 6.19 Å². The van der Waals surface area contributed by atoms with Gasteiger partial charge in [-0.05, 0) is 0 Å². The first-order chi connectivity index (χ1) is 1.91. The van der Waals surface area contributed by atoms with E-state index >= 15 is 0 Å². The molecule has 1 radical (unpaired) electrons. The van der Waals surface area contributed by atoms with Crippen LogP contribution in [0.1, 0.15) is 0 Å². The van der Waals surface area contributed by atoms with Crippen LogP contribution in [0.3, 0.4) is 0 Å². The summed E-state index contributed by atoms with van der Waals surface area (Å²) in [5.41, 5.74) is 0.